The highest BCUT2D eigenvalue weighted by Gasteiger charge is 2.25. The van der Waals surface area contributed by atoms with Crippen molar-refractivity contribution in [2.45, 2.75) is 33.1 Å². The highest BCUT2D eigenvalue weighted by atomic mass is 16.5. The maximum Gasteiger partial charge on any atom is 0.323 e. The summed E-state index contributed by atoms with van der Waals surface area (Å²) in [6.45, 7) is 7.55. The normalized spacial score (nSPS) is 11.3. The molecule has 0 unspecified atom stereocenters. The third kappa shape index (κ3) is 3.79. The molecule has 1 aromatic carbocycles. The zero-order valence-corrected chi connectivity index (χ0v) is 14.2. The fourth-order valence-electron chi connectivity index (χ4n) is 2.15. The fraction of sp³-hybridized carbons (Fsp3) is 0.412. The Kier molecular flexibility index (Phi) is 5.02. The summed E-state index contributed by atoms with van der Waals surface area (Å²) < 4.78 is 5.31. The number of aromatic nitrogens is 2. The first-order chi connectivity index (χ1) is 11.2. The predicted molar refractivity (Wildman–Crippen MR) is 87.6 cm³/mol. The van der Waals surface area contributed by atoms with E-state index in [0.29, 0.717) is 17.0 Å². The van der Waals surface area contributed by atoms with E-state index in [1.165, 1.54) is 4.90 Å². The Labute approximate surface area is 140 Å². The van der Waals surface area contributed by atoms with Crippen LogP contribution < -0.4 is 0 Å². The molecule has 0 fully saturated rings. The minimum atomic E-state index is -1.06. The molecule has 0 aliphatic rings. The molecule has 7 heteroatoms. The molecule has 1 heterocycles. The maximum absolute atomic E-state index is 12.7. The second-order valence-corrected chi connectivity index (χ2v) is 6.43. The molecule has 1 aromatic heterocycles. The Morgan fingerprint density at radius 3 is 2.46 bits per heavy atom. The second kappa shape index (κ2) is 6.82. The van der Waals surface area contributed by atoms with Crippen LogP contribution in [0.5, 0.6) is 0 Å². The van der Waals surface area contributed by atoms with Gasteiger partial charge >= 0.3 is 5.97 Å². The molecule has 0 spiro atoms. The van der Waals surface area contributed by atoms with Gasteiger partial charge in [0.15, 0.2) is 5.82 Å². The minimum Gasteiger partial charge on any atom is -0.480 e. The lowest BCUT2D eigenvalue weighted by Gasteiger charge is -2.19. The Hall–Kier alpha value is -2.70. The molecule has 0 aliphatic heterocycles. The number of hydrogen-bond acceptors (Lipinski definition) is 5. The number of amides is 1. The van der Waals surface area contributed by atoms with Crippen LogP contribution in [0.2, 0.25) is 0 Å². The van der Waals surface area contributed by atoms with Gasteiger partial charge in [-0.25, -0.2) is 0 Å². The zero-order valence-electron chi connectivity index (χ0n) is 14.2. The summed E-state index contributed by atoms with van der Waals surface area (Å²) in [5.41, 5.74) is 0.554. The van der Waals surface area contributed by atoms with Crippen LogP contribution >= 0.6 is 0 Å². The lowest BCUT2D eigenvalue weighted by Crippen LogP contribution is -2.35. The highest BCUT2D eigenvalue weighted by molar-refractivity contribution is 6.01. The molecule has 2 aromatic rings. The van der Waals surface area contributed by atoms with Gasteiger partial charge in [-0.1, -0.05) is 38.1 Å². The number of aliphatic carboxylic acids is 1. The summed E-state index contributed by atoms with van der Waals surface area (Å²) in [7, 11) is 0. The molecule has 0 saturated carbocycles. The third-order valence-electron chi connectivity index (χ3n) is 3.48. The first kappa shape index (κ1) is 17.7. The van der Waals surface area contributed by atoms with Crippen molar-refractivity contribution in [3.63, 3.8) is 0 Å². The summed E-state index contributed by atoms with van der Waals surface area (Å²) in [5, 5.41) is 12.9. The number of carboxylic acid groups (broad SMARTS) is 1. The van der Waals surface area contributed by atoms with E-state index >= 15 is 0 Å². The molecule has 0 atom stereocenters. The molecule has 24 heavy (non-hydrogen) atoms. The number of carboxylic acids is 1. The van der Waals surface area contributed by atoms with E-state index in [9.17, 15) is 9.59 Å². The van der Waals surface area contributed by atoms with Gasteiger partial charge < -0.3 is 14.5 Å². The lowest BCUT2D eigenvalue weighted by molar-refractivity contribution is -0.137. The number of benzene rings is 1. The summed E-state index contributed by atoms with van der Waals surface area (Å²) in [6.07, 6.45) is 0. The Balaban J connectivity index is 2.42. The van der Waals surface area contributed by atoms with Gasteiger partial charge in [-0.15, -0.1) is 0 Å². The topological polar surface area (TPSA) is 96.5 Å². The highest BCUT2D eigenvalue weighted by Crippen LogP contribution is 2.26. The Morgan fingerprint density at radius 1 is 1.25 bits per heavy atom. The van der Waals surface area contributed by atoms with Crippen molar-refractivity contribution in [1.29, 1.82) is 0 Å². The average Bonchev–Trinajstić information content (AvgIpc) is 3.02. The van der Waals surface area contributed by atoms with Crippen LogP contribution in [0.15, 0.2) is 28.8 Å². The summed E-state index contributed by atoms with van der Waals surface area (Å²) in [4.78, 5) is 29.2. The monoisotopic (exact) mass is 331 g/mol. The van der Waals surface area contributed by atoms with Crippen molar-refractivity contribution in [1.82, 2.24) is 15.0 Å². The van der Waals surface area contributed by atoms with Crippen LogP contribution in [0.25, 0.3) is 11.5 Å². The fourth-order valence-corrected chi connectivity index (χ4v) is 2.15. The van der Waals surface area contributed by atoms with Gasteiger partial charge in [0.05, 0.1) is 11.1 Å². The predicted octanol–water partition coefficient (Wildman–Crippen LogP) is 2.58. The van der Waals surface area contributed by atoms with E-state index in [1.807, 2.05) is 20.8 Å². The first-order valence-electron chi connectivity index (χ1n) is 7.68. The van der Waals surface area contributed by atoms with E-state index < -0.39 is 5.97 Å². The molecule has 2 rings (SSSR count). The van der Waals surface area contributed by atoms with Crippen LogP contribution in [0.1, 0.15) is 43.9 Å². The molecular formula is C17H21N3O4. The van der Waals surface area contributed by atoms with Crippen molar-refractivity contribution in [3.05, 3.63) is 35.7 Å². The van der Waals surface area contributed by atoms with E-state index in [-0.39, 0.29) is 30.3 Å². The van der Waals surface area contributed by atoms with Crippen LogP contribution in [0.4, 0.5) is 0 Å². The van der Waals surface area contributed by atoms with Gasteiger partial charge in [-0.05, 0) is 19.1 Å². The number of rotatable bonds is 5. The van der Waals surface area contributed by atoms with Crippen LogP contribution in [-0.2, 0) is 10.2 Å². The van der Waals surface area contributed by atoms with Crippen molar-refractivity contribution >= 4 is 11.9 Å². The van der Waals surface area contributed by atoms with E-state index in [1.54, 1.807) is 31.2 Å². The van der Waals surface area contributed by atoms with Crippen LogP contribution in [0, 0.1) is 0 Å². The Bertz CT molecular complexity index is 746. The molecule has 0 aliphatic carbocycles. The van der Waals surface area contributed by atoms with Gasteiger partial charge in [-0.3, -0.25) is 9.59 Å². The second-order valence-electron chi connectivity index (χ2n) is 6.43. The number of likely N-dealkylation sites (N-methyl/N-ethyl adjacent to an activating group) is 1. The number of nitrogens with zero attached hydrogens (tertiary/aromatic N) is 3. The van der Waals surface area contributed by atoms with Gasteiger partial charge in [0.2, 0.25) is 0 Å². The van der Waals surface area contributed by atoms with E-state index in [2.05, 4.69) is 10.1 Å². The number of carbonyl (C=O) groups is 2. The molecule has 0 bridgehead atoms. The van der Waals surface area contributed by atoms with Crippen molar-refractivity contribution < 1.29 is 19.2 Å². The molecule has 1 amide bonds. The summed E-state index contributed by atoms with van der Waals surface area (Å²) in [6, 6.07) is 6.82. The van der Waals surface area contributed by atoms with Gasteiger partial charge in [0.25, 0.3) is 11.8 Å². The quantitative estimate of drug-likeness (QED) is 0.904. The molecule has 1 N–H and O–H groups in total. The molecule has 0 radical (unpaired) electrons. The van der Waals surface area contributed by atoms with E-state index in [0.717, 1.165) is 0 Å². The van der Waals surface area contributed by atoms with Crippen LogP contribution in [0.3, 0.4) is 0 Å². The largest absolute Gasteiger partial charge is 0.480 e. The SMILES string of the molecule is CCN(CC(=O)O)C(=O)c1ccccc1-c1nc(C(C)(C)C)no1. The van der Waals surface area contributed by atoms with Gasteiger partial charge in [0, 0.05) is 12.0 Å². The standard InChI is InChI=1S/C17H21N3O4/c1-5-20(10-13(21)22)15(23)12-9-7-6-8-11(12)14-18-16(19-24-14)17(2,3)4/h6-9H,5,10H2,1-4H3,(H,21,22). The lowest BCUT2D eigenvalue weighted by atomic mass is 9.96. The summed E-state index contributed by atoms with van der Waals surface area (Å²) in [5.74, 6) is -0.658. The van der Waals surface area contributed by atoms with Crippen molar-refractivity contribution in [3.8, 4) is 11.5 Å². The first-order valence-corrected chi connectivity index (χ1v) is 7.68. The van der Waals surface area contributed by atoms with Gasteiger partial charge in [0.1, 0.15) is 6.54 Å². The van der Waals surface area contributed by atoms with Crippen molar-refractivity contribution in [2.24, 2.45) is 0 Å². The number of carbonyl (C=O) groups excluding carboxylic acids is 1. The van der Waals surface area contributed by atoms with Crippen LogP contribution in [-0.4, -0.2) is 45.1 Å². The van der Waals surface area contributed by atoms with Gasteiger partial charge in [-0.2, -0.15) is 4.98 Å². The summed E-state index contributed by atoms with van der Waals surface area (Å²) >= 11 is 0. The smallest absolute Gasteiger partial charge is 0.323 e. The van der Waals surface area contributed by atoms with E-state index in [4.69, 9.17) is 9.63 Å². The molecule has 7 nitrogen and oxygen atoms in total. The zero-order chi connectivity index (χ0) is 17.9. The molecular weight excluding hydrogens is 310 g/mol. The minimum absolute atomic E-state index is 0.246. The van der Waals surface area contributed by atoms with Crippen molar-refractivity contribution in [2.75, 3.05) is 13.1 Å². The Morgan fingerprint density at radius 2 is 1.92 bits per heavy atom. The average molecular weight is 331 g/mol. The maximum atomic E-state index is 12.7. The third-order valence-corrected chi connectivity index (χ3v) is 3.48. The molecule has 0 saturated heterocycles. The number of hydrogen-bond donors (Lipinski definition) is 1. The molecule has 128 valence electrons.